The van der Waals surface area contributed by atoms with Gasteiger partial charge in [-0.05, 0) is 44.6 Å². The average molecular weight is 325 g/mol. The standard InChI is InChI=1S/C19H23N3O2/c1-23-13-4-3-12(9-14(13)24-2)16(21-15-10-18(15)5-6-18)22-17-19(7-8-19)11-20-17/h3,9,13H,4-8,10-11H2,1-2H3. The number of nitrogens with zero attached hydrogens (tertiary/aromatic N) is 3. The highest BCUT2D eigenvalue weighted by Gasteiger charge is 2.60. The van der Waals surface area contributed by atoms with Crippen molar-refractivity contribution in [1.82, 2.24) is 0 Å². The van der Waals surface area contributed by atoms with Crippen LogP contribution in [-0.4, -0.2) is 44.3 Å². The van der Waals surface area contributed by atoms with Gasteiger partial charge in [0.15, 0.2) is 5.84 Å². The molecule has 3 fully saturated rings. The molecule has 5 aliphatic rings. The molecule has 0 bridgehead atoms. The number of hydrogen-bond acceptors (Lipinski definition) is 4. The minimum Gasteiger partial charge on any atom is -0.498 e. The van der Waals surface area contributed by atoms with Crippen LogP contribution in [0.1, 0.15) is 38.5 Å². The first kappa shape index (κ1) is 14.6. The van der Waals surface area contributed by atoms with Gasteiger partial charge in [0.1, 0.15) is 17.7 Å². The second-order valence-electron chi connectivity index (χ2n) is 7.74. The maximum absolute atomic E-state index is 5.51. The van der Waals surface area contributed by atoms with Crippen LogP contribution in [-0.2, 0) is 9.47 Å². The van der Waals surface area contributed by atoms with Gasteiger partial charge in [-0.2, -0.15) is 0 Å². The van der Waals surface area contributed by atoms with Crippen molar-refractivity contribution in [1.29, 1.82) is 0 Å². The Morgan fingerprint density at radius 2 is 2.00 bits per heavy atom. The first-order valence-corrected chi connectivity index (χ1v) is 8.89. The molecule has 5 nitrogen and oxygen atoms in total. The lowest BCUT2D eigenvalue weighted by Crippen LogP contribution is -2.29. The highest BCUT2D eigenvalue weighted by atomic mass is 16.5. The molecule has 1 unspecified atom stereocenters. The predicted molar refractivity (Wildman–Crippen MR) is 93.7 cm³/mol. The summed E-state index contributed by atoms with van der Waals surface area (Å²) in [6.45, 7) is 0.948. The third-order valence-corrected chi connectivity index (χ3v) is 6.10. The van der Waals surface area contributed by atoms with Gasteiger partial charge < -0.3 is 9.47 Å². The lowest BCUT2D eigenvalue weighted by atomic mass is 9.99. The van der Waals surface area contributed by atoms with E-state index in [0.717, 1.165) is 42.4 Å². The smallest absolute Gasteiger partial charge is 0.161 e. The van der Waals surface area contributed by atoms with Crippen LogP contribution in [0.25, 0.3) is 0 Å². The Hall–Kier alpha value is -1.75. The molecular weight excluding hydrogens is 302 g/mol. The molecule has 0 saturated heterocycles. The number of rotatable bonds is 3. The molecule has 0 aromatic rings. The Morgan fingerprint density at radius 3 is 2.54 bits per heavy atom. The van der Waals surface area contributed by atoms with Crippen LogP contribution in [0.5, 0.6) is 0 Å². The zero-order valence-electron chi connectivity index (χ0n) is 14.3. The van der Waals surface area contributed by atoms with E-state index in [4.69, 9.17) is 19.5 Å². The maximum atomic E-state index is 5.51. The molecule has 0 N–H and O–H groups in total. The van der Waals surface area contributed by atoms with E-state index in [1.165, 1.54) is 31.4 Å². The minimum absolute atomic E-state index is 0.0147. The van der Waals surface area contributed by atoms with Gasteiger partial charge in [0.2, 0.25) is 0 Å². The molecule has 0 aromatic carbocycles. The van der Waals surface area contributed by atoms with Crippen molar-refractivity contribution in [3.63, 3.8) is 0 Å². The summed E-state index contributed by atoms with van der Waals surface area (Å²) in [4.78, 5) is 14.3. The normalized spacial score (nSPS) is 32.9. The molecule has 2 spiro atoms. The van der Waals surface area contributed by atoms with Crippen LogP contribution in [0, 0.1) is 10.8 Å². The molecular formula is C19H23N3O2. The zero-order chi connectivity index (χ0) is 16.4. The van der Waals surface area contributed by atoms with Crippen LogP contribution < -0.4 is 0 Å². The summed E-state index contributed by atoms with van der Waals surface area (Å²) in [7, 11) is 3.41. The summed E-state index contributed by atoms with van der Waals surface area (Å²) in [6.07, 6.45) is 11.2. The Balaban J connectivity index is 1.48. The highest BCUT2D eigenvalue weighted by Crippen LogP contribution is 2.63. The Labute approximate surface area is 142 Å². The Kier molecular flexibility index (Phi) is 2.97. The summed E-state index contributed by atoms with van der Waals surface area (Å²) in [5.74, 6) is 2.67. The lowest BCUT2D eigenvalue weighted by Gasteiger charge is -2.24. The molecule has 24 heavy (non-hydrogen) atoms. The van der Waals surface area contributed by atoms with E-state index in [-0.39, 0.29) is 6.10 Å². The fraction of sp³-hybridized carbons (Fsp3) is 0.632. The molecule has 4 aliphatic carbocycles. The van der Waals surface area contributed by atoms with Crippen LogP contribution in [0.3, 0.4) is 0 Å². The Morgan fingerprint density at radius 1 is 1.21 bits per heavy atom. The van der Waals surface area contributed by atoms with E-state index < -0.39 is 0 Å². The number of aliphatic imine (C=N–C) groups is 3. The van der Waals surface area contributed by atoms with Gasteiger partial charge >= 0.3 is 0 Å². The van der Waals surface area contributed by atoms with E-state index in [9.17, 15) is 0 Å². The largest absolute Gasteiger partial charge is 0.498 e. The third kappa shape index (κ3) is 2.21. The zero-order valence-corrected chi connectivity index (χ0v) is 14.3. The average Bonchev–Trinajstić information content (AvgIpc) is 3.49. The fourth-order valence-electron chi connectivity index (χ4n) is 3.71. The fourth-order valence-corrected chi connectivity index (χ4v) is 3.71. The molecule has 126 valence electrons. The van der Waals surface area contributed by atoms with Crippen LogP contribution in [0.2, 0.25) is 0 Å². The van der Waals surface area contributed by atoms with Crippen molar-refractivity contribution >= 4 is 17.4 Å². The van der Waals surface area contributed by atoms with Crippen LogP contribution in [0.4, 0.5) is 0 Å². The molecule has 0 amide bonds. The molecule has 5 heteroatoms. The molecule has 3 saturated carbocycles. The maximum Gasteiger partial charge on any atom is 0.161 e. The summed E-state index contributed by atoms with van der Waals surface area (Å²) < 4.78 is 11.0. The van der Waals surface area contributed by atoms with E-state index in [2.05, 4.69) is 11.1 Å². The van der Waals surface area contributed by atoms with Crippen molar-refractivity contribution < 1.29 is 9.47 Å². The summed E-state index contributed by atoms with van der Waals surface area (Å²) in [5.41, 5.74) is 3.12. The second-order valence-corrected chi connectivity index (χ2v) is 7.74. The highest BCUT2D eigenvalue weighted by molar-refractivity contribution is 6.19. The van der Waals surface area contributed by atoms with Gasteiger partial charge in [0, 0.05) is 29.2 Å². The quantitative estimate of drug-likeness (QED) is 0.591. The summed E-state index contributed by atoms with van der Waals surface area (Å²) in [6, 6.07) is 0. The number of amidine groups is 2. The second kappa shape index (κ2) is 4.88. The van der Waals surface area contributed by atoms with Gasteiger partial charge in [0.25, 0.3) is 0 Å². The van der Waals surface area contributed by atoms with E-state index in [1.54, 1.807) is 14.2 Å². The molecule has 0 radical (unpaired) electrons. The van der Waals surface area contributed by atoms with Crippen LogP contribution in [0.15, 0.2) is 38.5 Å². The Bertz CT molecular complexity index is 749. The molecule has 0 aromatic heterocycles. The topological polar surface area (TPSA) is 55.5 Å². The van der Waals surface area contributed by atoms with E-state index in [1.807, 2.05) is 6.08 Å². The third-order valence-electron chi connectivity index (χ3n) is 6.10. The van der Waals surface area contributed by atoms with Gasteiger partial charge in [-0.15, -0.1) is 0 Å². The number of ether oxygens (including phenoxy) is 2. The van der Waals surface area contributed by atoms with Crippen molar-refractivity contribution in [2.75, 3.05) is 20.8 Å². The van der Waals surface area contributed by atoms with Crippen molar-refractivity contribution in [3.8, 4) is 0 Å². The van der Waals surface area contributed by atoms with Crippen molar-refractivity contribution in [2.24, 2.45) is 25.8 Å². The molecule has 1 atom stereocenters. The predicted octanol–water partition coefficient (Wildman–Crippen LogP) is 3.08. The lowest BCUT2D eigenvalue weighted by molar-refractivity contribution is 0.0792. The van der Waals surface area contributed by atoms with Crippen LogP contribution >= 0.6 is 0 Å². The molecule has 1 heterocycles. The van der Waals surface area contributed by atoms with Gasteiger partial charge in [0.05, 0.1) is 13.7 Å². The van der Waals surface area contributed by atoms with Crippen molar-refractivity contribution in [2.45, 2.75) is 44.6 Å². The minimum atomic E-state index is -0.0147. The summed E-state index contributed by atoms with van der Waals surface area (Å²) in [5, 5.41) is 0. The SMILES string of the molecule is COC1=CC(C(=NC2=NCC23CC3)N=C2CC23CC3)=CCC1OC. The molecule has 5 rings (SSSR count). The first-order valence-electron chi connectivity index (χ1n) is 8.89. The molecule has 1 aliphatic heterocycles. The van der Waals surface area contributed by atoms with E-state index in [0.29, 0.717) is 10.8 Å². The first-order chi connectivity index (χ1) is 11.7. The van der Waals surface area contributed by atoms with E-state index >= 15 is 0 Å². The van der Waals surface area contributed by atoms with Crippen molar-refractivity contribution in [3.05, 3.63) is 23.5 Å². The monoisotopic (exact) mass is 325 g/mol. The number of hydrogen-bond donors (Lipinski definition) is 0. The number of methoxy groups -OCH3 is 2. The van der Waals surface area contributed by atoms with Gasteiger partial charge in [-0.25, -0.2) is 9.98 Å². The van der Waals surface area contributed by atoms with Gasteiger partial charge in [-0.1, -0.05) is 6.08 Å². The summed E-state index contributed by atoms with van der Waals surface area (Å²) >= 11 is 0. The van der Waals surface area contributed by atoms with Gasteiger partial charge in [-0.3, -0.25) is 4.99 Å².